The van der Waals surface area contributed by atoms with Crippen molar-refractivity contribution in [2.45, 2.75) is 44.6 Å². The first-order chi connectivity index (χ1) is 10.3. The smallest absolute Gasteiger partial charge is 0.228 e. The number of nitrogens with zero attached hydrogens (tertiary/aromatic N) is 1. The predicted octanol–water partition coefficient (Wildman–Crippen LogP) is 2.06. The first kappa shape index (κ1) is 14.5. The summed E-state index contributed by atoms with van der Waals surface area (Å²) in [5, 5.41) is 10.1. The molecule has 6 heteroatoms. The molecule has 2 heterocycles. The van der Waals surface area contributed by atoms with Crippen molar-refractivity contribution in [1.82, 2.24) is 10.2 Å². The Bertz CT molecular complexity index is 476. The summed E-state index contributed by atoms with van der Waals surface area (Å²) in [6.07, 6.45) is 3.90. The van der Waals surface area contributed by atoms with Gasteiger partial charge >= 0.3 is 0 Å². The van der Waals surface area contributed by atoms with Crippen molar-refractivity contribution in [3.05, 3.63) is 11.8 Å². The van der Waals surface area contributed by atoms with Crippen LogP contribution in [0.2, 0.25) is 0 Å². The molecule has 6 nitrogen and oxygen atoms in total. The number of rotatable bonds is 5. The lowest BCUT2D eigenvalue weighted by molar-refractivity contribution is -0.128. The van der Waals surface area contributed by atoms with Crippen molar-refractivity contribution in [1.29, 1.82) is 0 Å². The van der Waals surface area contributed by atoms with Crippen LogP contribution < -0.4 is 5.32 Å². The molecule has 0 aromatic carbocycles. The highest BCUT2D eigenvalue weighted by Crippen LogP contribution is 2.31. The van der Waals surface area contributed by atoms with Gasteiger partial charge in [0.15, 0.2) is 5.82 Å². The van der Waals surface area contributed by atoms with Gasteiger partial charge in [0.1, 0.15) is 0 Å². The zero-order valence-electron chi connectivity index (χ0n) is 12.4. The lowest BCUT2D eigenvalue weighted by Crippen LogP contribution is -2.39. The maximum absolute atomic E-state index is 12.1. The second-order valence-corrected chi connectivity index (χ2v) is 5.83. The van der Waals surface area contributed by atoms with E-state index in [1.807, 2.05) is 13.0 Å². The van der Waals surface area contributed by atoms with Gasteiger partial charge in [-0.1, -0.05) is 0 Å². The zero-order chi connectivity index (χ0) is 14.7. The van der Waals surface area contributed by atoms with Gasteiger partial charge in [-0.3, -0.25) is 9.89 Å². The fraction of sp³-hybridized carbons (Fsp3) is 0.733. The van der Waals surface area contributed by atoms with Gasteiger partial charge in [0.2, 0.25) is 5.91 Å². The standard InChI is InChI=1S/C15H23N3O3/c1-2-21-12-7-11(8-12)15(19)16-14-9-13(17-18-14)10-3-5-20-6-4-10/h9-12H,2-8H2,1H3,(H2,16,17,18,19). The number of anilines is 1. The monoisotopic (exact) mass is 293 g/mol. The fourth-order valence-electron chi connectivity index (χ4n) is 3.00. The molecule has 0 radical (unpaired) electrons. The molecule has 116 valence electrons. The van der Waals surface area contributed by atoms with E-state index in [2.05, 4.69) is 15.5 Å². The molecule has 1 aliphatic carbocycles. The van der Waals surface area contributed by atoms with Crippen molar-refractivity contribution in [3.8, 4) is 0 Å². The largest absolute Gasteiger partial charge is 0.381 e. The van der Waals surface area contributed by atoms with Crippen molar-refractivity contribution in [2.75, 3.05) is 25.1 Å². The van der Waals surface area contributed by atoms with Gasteiger partial charge in [-0.15, -0.1) is 0 Å². The Balaban J connectivity index is 1.49. The third kappa shape index (κ3) is 3.44. The molecule has 0 spiro atoms. The minimum absolute atomic E-state index is 0.0518. The molecule has 0 bridgehead atoms. The Labute approximate surface area is 124 Å². The molecule has 21 heavy (non-hydrogen) atoms. The predicted molar refractivity (Wildman–Crippen MR) is 78.1 cm³/mol. The highest BCUT2D eigenvalue weighted by atomic mass is 16.5. The Hall–Kier alpha value is -1.40. The van der Waals surface area contributed by atoms with Crippen LogP contribution in [-0.2, 0) is 14.3 Å². The van der Waals surface area contributed by atoms with E-state index >= 15 is 0 Å². The van der Waals surface area contributed by atoms with Crippen LogP contribution in [-0.4, -0.2) is 42.0 Å². The van der Waals surface area contributed by atoms with E-state index in [0.29, 0.717) is 18.3 Å². The molecule has 0 atom stereocenters. The molecule has 0 unspecified atom stereocenters. The molecule has 2 aliphatic rings. The van der Waals surface area contributed by atoms with E-state index in [9.17, 15) is 4.79 Å². The first-order valence-electron chi connectivity index (χ1n) is 7.81. The fourth-order valence-corrected chi connectivity index (χ4v) is 3.00. The van der Waals surface area contributed by atoms with E-state index in [0.717, 1.165) is 44.6 Å². The topological polar surface area (TPSA) is 76.2 Å². The minimum Gasteiger partial charge on any atom is -0.381 e. The van der Waals surface area contributed by atoms with Crippen molar-refractivity contribution < 1.29 is 14.3 Å². The highest BCUT2D eigenvalue weighted by Gasteiger charge is 2.35. The number of H-pyrrole nitrogens is 1. The van der Waals surface area contributed by atoms with E-state index < -0.39 is 0 Å². The summed E-state index contributed by atoms with van der Waals surface area (Å²) in [7, 11) is 0. The Morgan fingerprint density at radius 3 is 2.95 bits per heavy atom. The van der Waals surface area contributed by atoms with Gasteiger partial charge in [0, 0.05) is 43.4 Å². The van der Waals surface area contributed by atoms with Crippen molar-refractivity contribution >= 4 is 11.7 Å². The number of carbonyl (C=O) groups is 1. The molecular formula is C15H23N3O3. The maximum Gasteiger partial charge on any atom is 0.228 e. The summed E-state index contributed by atoms with van der Waals surface area (Å²) < 4.78 is 10.8. The summed E-state index contributed by atoms with van der Waals surface area (Å²) in [6.45, 7) is 4.29. The number of aromatic nitrogens is 2. The summed E-state index contributed by atoms with van der Waals surface area (Å²) >= 11 is 0. The molecule has 3 rings (SSSR count). The van der Waals surface area contributed by atoms with Crippen LogP contribution >= 0.6 is 0 Å². The Morgan fingerprint density at radius 2 is 2.24 bits per heavy atom. The van der Waals surface area contributed by atoms with Gasteiger partial charge < -0.3 is 14.8 Å². The minimum atomic E-state index is 0.0518. The summed E-state index contributed by atoms with van der Waals surface area (Å²) in [4.78, 5) is 12.1. The second kappa shape index (κ2) is 6.58. The van der Waals surface area contributed by atoms with Crippen molar-refractivity contribution in [3.63, 3.8) is 0 Å². The number of hydrogen-bond acceptors (Lipinski definition) is 4. The van der Waals surface area contributed by atoms with Crippen LogP contribution in [0.15, 0.2) is 6.07 Å². The first-order valence-corrected chi connectivity index (χ1v) is 7.81. The maximum atomic E-state index is 12.1. The van der Waals surface area contributed by atoms with Crippen molar-refractivity contribution in [2.24, 2.45) is 5.92 Å². The molecular weight excluding hydrogens is 270 g/mol. The average Bonchev–Trinajstić information content (AvgIpc) is 2.91. The lowest BCUT2D eigenvalue weighted by Gasteiger charge is -2.33. The molecule has 2 N–H and O–H groups in total. The molecule has 1 saturated carbocycles. The molecule has 1 amide bonds. The second-order valence-electron chi connectivity index (χ2n) is 5.83. The van der Waals surface area contributed by atoms with Gasteiger partial charge in [0.05, 0.1) is 6.10 Å². The van der Waals surface area contributed by atoms with Gasteiger partial charge in [-0.25, -0.2) is 0 Å². The van der Waals surface area contributed by atoms with Crippen LogP contribution in [0.1, 0.15) is 44.2 Å². The number of nitrogens with one attached hydrogen (secondary N) is 2. The van der Waals surface area contributed by atoms with Crippen LogP contribution in [0.5, 0.6) is 0 Å². The summed E-state index contributed by atoms with van der Waals surface area (Å²) in [6, 6.07) is 1.95. The van der Waals surface area contributed by atoms with E-state index in [1.165, 1.54) is 0 Å². The lowest BCUT2D eigenvalue weighted by atomic mass is 9.81. The third-order valence-corrected chi connectivity index (χ3v) is 4.38. The van der Waals surface area contributed by atoms with Crippen LogP contribution in [0.4, 0.5) is 5.82 Å². The average molecular weight is 293 g/mol. The quantitative estimate of drug-likeness (QED) is 0.871. The van der Waals surface area contributed by atoms with Gasteiger partial charge in [-0.2, -0.15) is 5.10 Å². The molecule has 1 aromatic rings. The van der Waals surface area contributed by atoms with Crippen LogP contribution in [0.3, 0.4) is 0 Å². The number of ether oxygens (including phenoxy) is 2. The van der Waals surface area contributed by atoms with Crippen LogP contribution in [0, 0.1) is 5.92 Å². The molecule has 1 aliphatic heterocycles. The van der Waals surface area contributed by atoms with Gasteiger partial charge in [0.25, 0.3) is 0 Å². The van der Waals surface area contributed by atoms with E-state index in [-0.39, 0.29) is 17.9 Å². The highest BCUT2D eigenvalue weighted by molar-refractivity contribution is 5.92. The summed E-state index contributed by atoms with van der Waals surface area (Å²) in [5.74, 6) is 1.20. The Kier molecular flexibility index (Phi) is 4.55. The number of hydrogen-bond donors (Lipinski definition) is 2. The van der Waals surface area contributed by atoms with Gasteiger partial charge in [-0.05, 0) is 32.6 Å². The number of carbonyl (C=O) groups excluding carboxylic acids is 1. The molecule has 2 fully saturated rings. The zero-order valence-corrected chi connectivity index (χ0v) is 12.4. The van der Waals surface area contributed by atoms with Crippen LogP contribution in [0.25, 0.3) is 0 Å². The summed E-state index contributed by atoms with van der Waals surface area (Å²) in [5.41, 5.74) is 1.09. The normalized spacial score (nSPS) is 26.3. The molecule has 1 aromatic heterocycles. The Morgan fingerprint density at radius 1 is 1.48 bits per heavy atom. The third-order valence-electron chi connectivity index (χ3n) is 4.38. The molecule has 1 saturated heterocycles. The number of amides is 1. The number of aromatic amines is 1. The van der Waals surface area contributed by atoms with E-state index in [1.54, 1.807) is 0 Å². The van der Waals surface area contributed by atoms with E-state index in [4.69, 9.17) is 9.47 Å². The SMILES string of the molecule is CCOC1CC(C(=O)Nc2cc(C3CCOCC3)[nH]n2)C1.